The maximum absolute atomic E-state index is 4.18. The molecule has 2 heterocycles. The lowest BCUT2D eigenvalue weighted by molar-refractivity contribution is 0.461. The van der Waals surface area contributed by atoms with Gasteiger partial charge in [0.1, 0.15) is 6.17 Å². The SMILES string of the molecule is C1=CN2C=NCC2N=C1. The van der Waals surface area contributed by atoms with E-state index in [9.17, 15) is 0 Å². The van der Waals surface area contributed by atoms with E-state index in [0.29, 0.717) is 0 Å². The highest BCUT2D eigenvalue weighted by Crippen LogP contribution is 2.08. The molecule has 1 unspecified atom stereocenters. The highest BCUT2D eigenvalue weighted by molar-refractivity contribution is 5.74. The van der Waals surface area contributed by atoms with Crippen LogP contribution in [0.5, 0.6) is 0 Å². The summed E-state index contributed by atoms with van der Waals surface area (Å²) in [5, 5.41) is 0. The number of hydrogen-bond acceptors (Lipinski definition) is 3. The second-order valence-corrected chi connectivity index (χ2v) is 2.05. The van der Waals surface area contributed by atoms with Crippen LogP contribution in [-0.4, -0.2) is 30.2 Å². The molecule has 0 aromatic carbocycles. The molecule has 2 rings (SSSR count). The fraction of sp³-hybridized carbons (Fsp3) is 0.333. The van der Waals surface area contributed by atoms with Gasteiger partial charge in [0, 0.05) is 12.4 Å². The second-order valence-electron chi connectivity index (χ2n) is 2.05. The zero-order chi connectivity index (χ0) is 6.10. The molecule has 0 spiro atoms. The number of aliphatic imine (C=N–C) groups is 2. The minimum absolute atomic E-state index is 0.259. The van der Waals surface area contributed by atoms with Gasteiger partial charge in [-0.15, -0.1) is 0 Å². The van der Waals surface area contributed by atoms with Crippen molar-refractivity contribution < 1.29 is 0 Å². The van der Waals surface area contributed by atoms with Gasteiger partial charge in [-0.05, 0) is 6.08 Å². The van der Waals surface area contributed by atoms with Crippen LogP contribution in [-0.2, 0) is 0 Å². The lowest BCUT2D eigenvalue weighted by atomic mass is 10.4. The van der Waals surface area contributed by atoms with Crippen molar-refractivity contribution in [1.82, 2.24) is 4.90 Å². The molecule has 0 fully saturated rings. The molecule has 0 radical (unpaired) electrons. The molecule has 0 saturated heterocycles. The van der Waals surface area contributed by atoms with Crippen LogP contribution in [0.25, 0.3) is 0 Å². The summed E-state index contributed by atoms with van der Waals surface area (Å²) in [7, 11) is 0. The van der Waals surface area contributed by atoms with Crippen molar-refractivity contribution in [2.45, 2.75) is 6.17 Å². The van der Waals surface area contributed by atoms with Crippen molar-refractivity contribution in [2.24, 2.45) is 9.98 Å². The van der Waals surface area contributed by atoms with Gasteiger partial charge in [0.2, 0.25) is 0 Å². The Morgan fingerprint density at radius 3 is 3.44 bits per heavy atom. The Morgan fingerprint density at radius 1 is 1.56 bits per heavy atom. The molecule has 2 aliphatic rings. The maximum atomic E-state index is 4.18. The largest absolute Gasteiger partial charge is 0.315 e. The van der Waals surface area contributed by atoms with E-state index in [-0.39, 0.29) is 6.17 Å². The first-order valence-electron chi connectivity index (χ1n) is 2.94. The van der Waals surface area contributed by atoms with Crippen LogP contribution in [0.1, 0.15) is 0 Å². The van der Waals surface area contributed by atoms with Crippen molar-refractivity contribution in [3.63, 3.8) is 0 Å². The van der Waals surface area contributed by atoms with Crippen LogP contribution in [0, 0.1) is 0 Å². The highest BCUT2D eigenvalue weighted by atomic mass is 15.3. The first-order chi connectivity index (χ1) is 4.47. The summed E-state index contributed by atoms with van der Waals surface area (Å²) >= 11 is 0. The Balaban J connectivity index is 2.25. The van der Waals surface area contributed by atoms with Gasteiger partial charge in [-0.2, -0.15) is 0 Å². The monoisotopic (exact) mass is 121 g/mol. The van der Waals surface area contributed by atoms with Gasteiger partial charge in [-0.1, -0.05) is 0 Å². The van der Waals surface area contributed by atoms with Gasteiger partial charge in [-0.3, -0.25) is 9.98 Å². The highest BCUT2D eigenvalue weighted by Gasteiger charge is 2.16. The van der Waals surface area contributed by atoms with Crippen LogP contribution in [0.2, 0.25) is 0 Å². The third-order valence-corrected chi connectivity index (χ3v) is 1.43. The van der Waals surface area contributed by atoms with Crippen LogP contribution in [0.15, 0.2) is 22.3 Å². The van der Waals surface area contributed by atoms with Crippen LogP contribution < -0.4 is 0 Å². The fourth-order valence-corrected chi connectivity index (χ4v) is 0.956. The Bertz CT molecular complexity index is 192. The van der Waals surface area contributed by atoms with Crippen LogP contribution in [0.4, 0.5) is 0 Å². The van der Waals surface area contributed by atoms with E-state index in [1.807, 2.05) is 29.7 Å². The van der Waals surface area contributed by atoms with E-state index in [2.05, 4.69) is 9.98 Å². The number of nitrogens with zero attached hydrogens (tertiary/aromatic N) is 3. The smallest absolute Gasteiger partial charge is 0.145 e. The molecule has 46 valence electrons. The summed E-state index contributed by atoms with van der Waals surface area (Å²) in [6, 6.07) is 0. The standard InChI is InChI=1S/C6H7N3/c1-2-8-6-4-7-5-9(6)3-1/h1-3,5-6H,4H2. The van der Waals surface area contributed by atoms with E-state index in [0.717, 1.165) is 6.54 Å². The fourth-order valence-electron chi connectivity index (χ4n) is 0.956. The molecule has 0 aliphatic carbocycles. The maximum Gasteiger partial charge on any atom is 0.145 e. The van der Waals surface area contributed by atoms with Crippen molar-refractivity contribution in [3.8, 4) is 0 Å². The Labute approximate surface area is 53.4 Å². The van der Waals surface area contributed by atoms with Gasteiger partial charge in [0.25, 0.3) is 0 Å². The van der Waals surface area contributed by atoms with Gasteiger partial charge in [0.15, 0.2) is 0 Å². The second kappa shape index (κ2) is 1.69. The summed E-state index contributed by atoms with van der Waals surface area (Å²) in [4.78, 5) is 10.2. The summed E-state index contributed by atoms with van der Waals surface area (Å²) in [6.45, 7) is 0.806. The third kappa shape index (κ3) is 0.650. The molecule has 3 nitrogen and oxygen atoms in total. The predicted molar refractivity (Wildman–Crippen MR) is 36.6 cm³/mol. The minimum Gasteiger partial charge on any atom is -0.315 e. The molecule has 0 N–H and O–H groups in total. The van der Waals surface area contributed by atoms with Crippen molar-refractivity contribution >= 4 is 12.6 Å². The average molecular weight is 121 g/mol. The molecule has 0 aromatic rings. The topological polar surface area (TPSA) is 28.0 Å². The number of allylic oxidation sites excluding steroid dienone is 1. The van der Waals surface area contributed by atoms with Crippen molar-refractivity contribution in [1.29, 1.82) is 0 Å². The summed E-state index contributed by atoms with van der Waals surface area (Å²) < 4.78 is 0. The Hall–Kier alpha value is -1.12. The molecular weight excluding hydrogens is 114 g/mol. The molecule has 9 heavy (non-hydrogen) atoms. The van der Waals surface area contributed by atoms with Gasteiger partial charge in [0.05, 0.1) is 12.9 Å². The number of hydrogen-bond donors (Lipinski definition) is 0. The van der Waals surface area contributed by atoms with Gasteiger partial charge in [-0.25, -0.2) is 0 Å². The van der Waals surface area contributed by atoms with E-state index in [4.69, 9.17) is 0 Å². The molecule has 0 aromatic heterocycles. The number of fused-ring (bicyclic) bond motifs is 1. The van der Waals surface area contributed by atoms with E-state index in [1.54, 1.807) is 0 Å². The van der Waals surface area contributed by atoms with Crippen LogP contribution >= 0.6 is 0 Å². The van der Waals surface area contributed by atoms with Gasteiger partial charge >= 0.3 is 0 Å². The van der Waals surface area contributed by atoms with E-state index >= 15 is 0 Å². The minimum atomic E-state index is 0.259. The average Bonchev–Trinajstić information content (AvgIpc) is 2.33. The summed E-state index contributed by atoms with van der Waals surface area (Å²) in [5.74, 6) is 0. The predicted octanol–water partition coefficient (Wildman–Crippen LogP) is 0.254. The van der Waals surface area contributed by atoms with Crippen molar-refractivity contribution in [2.75, 3.05) is 6.54 Å². The molecule has 3 heteroatoms. The normalized spacial score (nSPS) is 29.3. The van der Waals surface area contributed by atoms with E-state index < -0.39 is 0 Å². The molecule has 2 aliphatic heterocycles. The third-order valence-electron chi connectivity index (χ3n) is 1.43. The van der Waals surface area contributed by atoms with E-state index in [1.165, 1.54) is 0 Å². The van der Waals surface area contributed by atoms with Crippen LogP contribution in [0.3, 0.4) is 0 Å². The lowest BCUT2D eigenvalue weighted by Gasteiger charge is -2.17. The Morgan fingerprint density at radius 2 is 2.56 bits per heavy atom. The zero-order valence-corrected chi connectivity index (χ0v) is 4.94. The Kier molecular flexibility index (Phi) is 0.886. The molecule has 0 bridgehead atoms. The number of rotatable bonds is 0. The lowest BCUT2D eigenvalue weighted by Crippen LogP contribution is -2.26. The summed E-state index contributed by atoms with van der Waals surface area (Å²) in [5.41, 5.74) is 0. The molecule has 0 saturated carbocycles. The molecular formula is C6H7N3. The first-order valence-corrected chi connectivity index (χ1v) is 2.94. The quantitative estimate of drug-likeness (QED) is 0.451. The first kappa shape index (κ1) is 4.73. The summed E-state index contributed by atoms with van der Waals surface area (Å²) in [6.07, 6.45) is 7.78. The molecule has 1 atom stereocenters. The van der Waals surface area contributed by atoms with Gasteiger partial charge < -0.3 is 4.90 Å². The zero-order valence-electron chi connectivity index (χ0n) is 4.94. The molecule has 0 amide bonds. The van der Waals surface area contributed by atoms with Crippen molar-refractivity contribution in [3.05, 3.63) is 12.3 Å².